The fourth-order valence-electron chi connectivity index (χ4n) is 2.81. The molecule has 0 spiro atoms. The summed E-state index contributed by atoms with van der Waals surface area (Å²) in [5.74, 6) is 0.624. The molecule has 1 aliphatic carbocycles. The molecule has 0 aromatic carbocycles. The fourth-order valence-corrected chi connectivity index (χ4v) is 2.81. The third kappa shape index (κ3) is 5.90. The molecule has 0 heterocycles. The largest absolute Gasteiger partial charge is 0.352 e. The molecule has 0 aliphatic heterocycles. The molecular weight excluding hydrogens is 254 g/mol. The van der Waals surface area contributed by atoms with Gasteiger partial charge in [-0.25, -0.2) is 0 Å². The van der Waals surface area contributed by atoms with E-state index in [4.69, 9.17) is 5.73 Å². The summed E-state index contributed by atoms with van der Waals surface area (Å²) in [6.45, 7) is 0.507. The number of nitrogens with two attached hydrogens (primary N) is 1. The van der Waals surface area contributed by atoms with Crippen LogP contribution >= 0.6 is 0 Å². The molecule has 0 aromatic rings. The van der Waals surface area contributed by atoms with Crippen LogP contribution in [-0.2, 0) is 9.59 Å². The van der Waals surface area contributed by atoms with E-state index in [1.165, 1.54) is 32.1 Å². The highest BCUT2D eigenvalue weighted by atomic mass is 16.2. The molecular formula is C15H29N3O2. The molecule has 3 N–H and O–H groups in total. The van der Waals surface area contributed by atoms with Crippen molar-refractivity contribution in [2.75, 3.05) is 20.6 Å². The lowest BCUT2D eigenvalue weighted by atomic mass is 9.84. The summed E-state index contributed by atoms with van der Waals surface area (Å²) in [6, 6.07) is 0.104. The number of carbonyl (C=O) groups is 2. The van der Waals surface area contributed by atoms with E-state index in [1.807, 2.05) is 0 Å². The van der Waals surface area contributed by atoms with Crippen LogP contribution < -0.4 is 11.1 Å². The van der Waals surface area contributed by atoms with E-state index in [0.29, 0.717) is 31.7 Å². The van der Waals surface area contributed by atoms with Gasteiger partial charge in [0.05, 0.1) is 0 Å². The topological polar surface area (TPSA) is 75.4 Å². The minimum absolute atomic E-state index is 0.0255. The van der Waals surface area contributed by atoms with Gasteiger partial charge >= 0.3 is 0 Å². The lowest BCUT2D eigenvalue weighted by molar-refractivity contribution is -0.129. The van der Waals surface area contributed by atoms with Gasteiger partial charge in [-0.3, -0.25) is 9.59 Å². The van der Waals surface area contributed by atoms with Gasteiger partial charge in [-0.1, -0.05) is 19.3 Å². The smallest absolute Gasteiger partial charge is 0.222 e. The van der Waals surface area contributed by atoms with E-state index in [2.05, 4.69) is 5.32 Å². The van der Waals surface area contributed by atoms with Gasteiger partial charge in [0.25, 0.3) is 0 Å². The molecule has 1 rings (SSSR count). The van der Waals surface area contributed by atoms with Crippen LogP contribution in [0.1, 0.15) is 51.4 Å². The second kappa shape index (κ2) is 8.95. The number of nitrogens with one attached hydrogen (secondary N) is 1. The van der Waals surface area contributed by atoms with Gasteiger partial charge in [0.15, 0.2) is 0 Å². The number of hydrogen-bond donors (Lipinski definition) is 2. The second-order valence-electron chi connectivity index (χ2n) is 5.95. The zero-order valence-electron chi connectivity index (χ0n) is 12.9. The summed E-state index contributed by atoms with van der Waals surface area (Å²) in [7, 11) is 3.46. The summed E-state index contributed by atoms with van der Waals surface area (Å²) in [5, 5.41) is 3.05. The Bertz CT molecular complexity index is 312. The van der Waals surface area contributed by atoms with Crippen molar-refractivity contribution in [3.8, 4) is 0 Å². The van der Waals surface area contributed by atoms with E-state index in [0.717, 1.165) is 0 Å². The van der Waals surface area contributed by atoms with E-state index in [9.17, 15) is 9.59 Å². The Morgan fingerprint density at radius 2 is 1.85 bits per heavy atom. The Balaban J connectivity index is 2.26. The molecule has 0 bridgehead atoms. The van der Waals surface area contributed by atoms with Crippen LogP contribution in [0.5, 0.6) is 0 Å². The van der Waals surface area contributed by atoms with Crippen molar-refractivity contribution in [3.63, 3.8) is 0 Å². The first kappa shape index (κ1) is 17.0. The van der Waals surface area contributed by atoms with E-state index < -0.39 is 0 Å². The van der Waals surface area contributed by atoms with Crippen LogP contribution in [0.2, 0.25) is 0 Å². The van der Waals surface area contributed by atoms with Crippen LogP contribution in [0.25, 0.3) is 0 Å². The molecule has 0 radical (unpaired) electrons. The Kier molecular flexibility index (Phi) is 7.59. The third-order valence-corrected chi connectivity index (χ3v) is 4.11. The first-order valence-corrected chi connectivity index (χ1v) is 7.74. The fraction of sp³-hybridized carbons (Fsp3) is 0.867. The van der Waals surface area contributed by atoms with Crippen molar-refractivity contribution in [1.29, 1.82) is 0 Å². The molecule has 20 heavy (non-hydrogen) atoms. The quantitative estimate of drug-likeness (QED) is 0.739. The molecule has 0 saturated heterocycles. The zero-order valence-corrected chi connectivity index (χ0v) is 12.9. The predicted octanol–water partition coefficient (Wildman–Crippen LogP) is 1.27. The summed E-state index contributed by atoms with van der Waals surface area (Å²) in [6.07, 6.45) is 7.56. The molecule has 1 aliphatic rings. The van der Waals surface area contributed by atoms with Gasteiger partial charge in [0.2, 0.25) is 11.8 Å². The van der Waals surface area contributed by atoms with Crippen molar-refractivity contribution in [2.45, 2.75) is 57.4 Å². The van der Waals surface area contributed by atoms with Gasteiger partial charge in [-0.05, 0) is 25.2 Å². The minimum Gasteiger partial charge on any atom is -0.352 e. The number of nitrogens with zero attached hydrogens (tertiary/aromatic N) is 1. The monoisotopic (exact) mass is 283 g/mol. The summed E-state index contributed by atoms with van der Waals surface area (Å²) in [4.78, 5) is 24.9. The number of hydrogen-bond acceptors (Lipinski definition) is 3. The van der Waals surface area contributed by atoms with Gasteiger partial charge in [0, 0.05) is 39.5 Å². The lowest BCUT2D eigenvalue weighted by Crippen LogP contribution is -2.45. The number of rotatable bonds is 7. The maximum Gasteiger partial charge on any atom is 0.222 e. The summed E-state index contributed by atoms with van der Waals surface area (Å²) in [5.41, 5.74) is 5.79. The van der Waals surface area contributed by atoms with E-state index in [1.54, 1.807) is 19.0 Å². The second-order valence-corrected chi connectivity index (χ2v) is 5.95. The molecule has 116 valence electrons. The number of carbonyl (C=O) groups excluding carboxylic acids is 2. The lowest BCUT2D eigenvalue weighted by Gasteiger charge is -2.30. The molecule has 1 saturated carbocycles. The van der Waals surface area contributed by atoms with Crippen LogP contribution in [-0.4, -0.2) is 43.4 Å². The Labute approximate surface area is 122 Å². The molecule has 5 nitrogen and oxygen atoms in total. The van der Waals surface area contributed by atoms with Crippen molar-refractivity contribution in [1.82, 2.24) is 10.2 Å². The predicted molar refractivity (Wildman–Crippen MR) is 80.1 cm³/mol. The normalized spacial score (nSPS) is 17.6. The average molecular weight is 283 g/mol. The summed E-state index contributed by atoms with van der Waals surface area (Å²) < 4.78 is 0. The highest BCUT2D eigenvalue weighted by Crippen LogP contribution is 2.26. The van der Waals surface area contributed by atoms with E-state index >= 15 is 0 Å². The van der Waals surface area contributed by atoms with E-state index in [-0.39, 0.29) is 17.9 Å². The average Bonchev–Trinajstić information content (AvgIpc) is 2.45. The maximum absolute atomic E-state index is 11.9. The van der Waals surface area contributed by atoms with Crippen LogP contribution in [0, 0.1) is 5.92 Å². The van der Waals surface area contributed by atoms with Gasteiger partial charge in [0.1, 0.15) is 0 Å². The minimum atomic E-state index is 0.0255. The SMILES string of the molecule is CN(C)C(=O)CCCC(=O)NC(CN)C1CCCCC1. The number of amides is 2. The highest BCUT2D eigenvalue weighted by Gasteiger charge is 2.23. The van der Waals surface area contributed by atoms with Crippen molar-refractivity contribution in [2.24, 2.45) is 11.7 Å². The molecule has 1 fully saturated rings. The Morgan fingerprint density at radius 3 is 2.40 bits per heavy atom. The van der Waals surface area contributed by atoms with Crippen molar-refractivity contribution < 1.29 is 9.59 Å². The Morgan fingerprint density at radius 1 is 1.20 bits per heavy atom. The molecule has 0 aromatic heterocycles. The van der Waals surface area contributed by atoms with Crippen LogP contribution in [0.3, 0.4) is 0 Å². The highest BCUT2D eigenvalue weighted by molar-refractivity contribution is 5.78. The molecule has 1 unspecified atom stereocenters. The molecule has 2 amide bonds. The first-order valence-electron chi connectivity index (χ1n) is 7.74. The standard InChI is InChI=1S/C15H29N3O2/c1-18(2)15(20)10-6-9-14(19)17-13(11-16)12-7-4-3-5-8-12/h12-13H,3-11,16H2,1-2H3,(H,17,19). The van der Waals surface area contributed by atoms with Crippen LogP contribution in [0.15, 0.2) is 0 Å². The van der Waals surface area contributed by atoms with Gasteiger partial charge in [-0.2, -0.15) is 0 Å². The maximum atomic E-state index is 11.9. The third-order valence-electron chi connectivity index (χ3n) is 4.11. The Hall–Kier alpha value is -1.10. The summed E-state index contributed by atoms with van der Waals surface area (Å²) >= 11 is 0. The molecule has 1 atom stereocenters. The van der Waals surface area contributed by atoms with Gasteiger partial charge < -0.3 is 16.0 Å². The van der Waals surface area contributed by atoms with Gasteiger partial charge in [-0.15, -0.1) is 0 Å². The first-order chi connectivity index (χ1) is 9.54. The van der Waals surface area contributed by atoms with Crippen molar-refractivity contribution >= 4 is 11.8 Å². The zero-order chi connectivity index (χ0) is 15.0. The van der Waals surface area contributed by atoms with Crippen molar-refractivity contribution in [3.05, 3.63) is 0 Å². The molecule has 5 heteroatoms. The van der Waals surface area contributed by atoms with Crippen LogP contribution in [0.4, 0.5) is 0 Å².